The lowest BCUT2D eigenvalue weighted by Crippen LogP contribution is -2.47. The van der Waals surface area contributed by atoms with Gasteiger partial charge in [0.05, 0.1) is 24.9 Å². The highest BCUT2D eigenvalue weighted by molar-refractivity contribution is 7.14. The third-order valence-corrected chi connectivity index (χ3v) is 5.97. The van der Waals surface area contributed by atoms with Gasteiger partial charge in [-0.3, -0.25) is 14.5 Å². The zero-order chi connectivity index (χ0) is 21.5. The molecule has 1 aliphatic heterocycles. The van der Waals surface area contributed by atoms with Gasteiger partial charge in [-0.2, -0.15) is 5.10 Å². The van der Waals surface area contributed by atoms with Gasteiger partial charge in [0.25, 0.3) is 0 Å². The second kappa shape index (κ2) is 14.9. The Balaban J connectivity index is 0.00000341. The highest BCUT2D eigenvalue weighted by atomic mass is 35.5. The first kappa shape index (κ1) is 30.9. The number of carboxylic acid groups (broad SMARTS) is 2. The summed E-state index contributed by atoms with van der Waals surface area (Å²) in [5.74, 6) is 3.50. The number of likely N-dealkylation sites (tertiary alicyclic amines) is 1. The van der Waals surface area contributed by atoms with Crippen LogP contribution in [0, 0.1) is 0 Å². The van der Waals surface area contributed by atoms with E-state index in [4.69, 9.17) is 21.0 Å². The first-order valence-electron chi connectivity index (χ1n) is 9.68. The van der Waals surface area contributed by atoms with Crippen molar-refractivity contribution >= 4 is 71.8 Å². The van der Waals surface area contributed by atoms with Crippen molar-refractivity contribution < 1.29 is 19.8 Å². The molecule has 0 radical (unpaired) electrons. The summed E-state index contributed by atoms with van der Waals surface area (Å²) in [5, 5.41) is 24.4. The lowest BCUT2D eigenvalue weighted by atomic mass is 10.0. The monoisotopic (exact) mass is 539 g/mol. The van der Waals surface area contributed by atoms with Crippen molar-refractivity contribution in [2.75, 3.05) is 31.1 Å². The molecule has 9 nitrogen and oxygen atoms in total. The molecule has 2 aromatic rings. The number of piperidine rings is 1. The summed E-state index contributed by atoms with van der Waals surface area (Å²) in [6, 6.07) is 7.84. The van der Waals surface area contributed by atoms with E-state index in [1.807, 2.05) is 34.5 Å². The minimum atomic E-state index is -0.850. The van der Waals surface area contributed by atoms with E-state index < -0.39 is 11.9 Å². The Hall–Kier alpha value is -2.11. The molecule has 13 heteroatoms. The van der Waals surface area contributed by atoms with Gasteiger partial charge in [0.15, 0.2) is 5.13 Å². The predicted octanol–water partition coefficient (Wildman–Crippen LogP) is 3.20. The quantitative estimate of drug-likeness (QED) is 0.251. The Morgan fingerprint density at radius 1 is 1.15 bits per heavy atom. The van der Waals surface area contributed by atoms with Gasteiger partial charge in [0, 0.05) is 36.6 Å². The van der Waals surface area contributed by atoms with Crippen molar-refractivity contribution in [1.82, 2.24) is 9.88 Å². The molecule has 184 valence electrons. The maximum absolute atomic E-state index is 11.2. The first-order chi connectivity index (χ1) is 14.5. The second-order valence-corrected chi connectivity index (χ2v) is 7.99. The molecule has 1 aliphatic rings. The number of nitrogens with two attached hydrogens (primary N) is 1. The number of anilines is 1. The number of hydrazone groups is 1. The van der Waals surface area contributed by atoms with Crippen molar-refractivity contribution in [3.63, 3.8) is 0 Å². The van der Waals surface area contributed by atoms with Gasteiger partial charge in [0.2, 0.25) is 0 Å². The van der Waals surface area contributed by atoms with Crippen LogP contribution >= 0.6 is 48.6 Å². The Labute approximate surface area is 214 Å². The lowest BCUT2D eigenvalue weighted by molar-refractivity contribution is -0.139. The molecular weight excluding hydrogens is 513 g/mol. The molecule has 1 aromatic carbocycles. The molecule has 0 saturated carbocycles. The molecule has 1 saturated heterocycles. The second-order valence-electron chi connectivity index (χ2n) is 7.15. The number of carboxylic acids is 2. The van der Waals surface area contributed by atoms with Gasteiger partial charge in [-0.15, -0.1) is 48.6 Å². The smallest absolute Gasteiger partial charge is 0.317 e. The van der Waals surface area contributed by atoms with Crippen molar-refractivity contribution in [1.29, 1.82) is 0 Å². The van der Waals surface area contributed by atoms with Crippen LogP contribution < -0.4 is 10.7 Å². The molecule has 2 heterocycles. The van der Waals surface area contributed by atoms with E-state index in [0.717, 1.165) is 34.8 Å². The third kappa shape index (κ3) is 8.98. The minimum absolute atomic E-state index is 0. The normalized spacial score (nSPS) is 14.1. The van der Waals surface area contributed by atoms with Gasteiger partial charge >= 0.3 is 11.9 Å². The fraction of sp³-hybridized carbons (Fsp3) is 0.400. The van der Waals surface area contributed by atoms with Crippen LogP contribution in [0.25, 0.3) is 11.3 Å². The highest BCUT2D eigenvalue weighted by Gasteiger charge is 2.27. The van der Waals surface area contributed by atoms with E-state index in [2.05, 4.69) is 10.0 Å². The van der Waals surface area contributed by atoms with Gasteiger partial charge in [0.1, 0.15) is 0 Å². The number of carbonyl (C=O) groups is 2. The first-order valence-corrected chi connectivity index (χ1v) is 10.6. The molecule has 3 rings (SSSR count). The number of aromatic nitrogens is 1. The zero-order valence-electron chi connectivity index (χ0n) is 17.7. The molecule has 0 unspecified atom stereocenters. The Kier molecular flexibility index (Phi) is 14.0. The van der Waals surface area contributed by atoms with Crippen molar-refractivity contribution in [2.45, 2.75) is 25.3 Å². The number of hydrogen-bond donors (Lipinski definition) is 3. The highest BCUT2D eigenvalue weighted by Crippen LogP contribution is 2.31. The van der Waals surface area contributed by atoms with Crippen LogP contribution in [0.1, 0.15) is 24.8 Å². The number of halogens is 3. The SMILES string of the molecule is Cl.Cl.Cl.N/N=C/c1ccc(-c2csc(N(CCC(=O)O)C3CCN(CC(=O)O)CC3)n2)cc1. The molecule has 1 aromatic heterocycles. The van der Waals surface area contributed by atoms with Gasteiger partial charge < -0.3 is 21.0 Å². The number of rotatable bonds is 9. The fourth-order valence-corrected chi connectivity index (χ4v) is 4.52. The largest absolute Gasteiger partial charge is 0.481 e. The molecule has 0 aliphatic carbocycles. The number of aliphatic carboxylic acids is 2. The third-order valence-electron chi connectivity index (χ3n) is 5.09. The average molecular weight is 541 g/mol. The van der Waals surface area contributed by atoms with E-state index in [9.17, 15) is 9.59 Å². The Morgan fingerprint density at radius 2 is 1.79 bits per heavy atom. The van der Waals surface area contributed by atoms with Crippen LogP contribution in [0.15, 0.2) is 34.7 Å². The lowest BCUT2D eigenvalue weighted by Gasteiger charge is -2.37. The van der Waals surface area contributed by atoms with Crippen molar-refractivity contribution in [2.24, 2.45) is 10.9 Å². The maximum atomic E-state index is 11.2. The number of hydrogen-bond acceptors (Lipinski definition) is 8. The van der Waals surface area contributed by atoms with E-state index in [1.165, 1.54) is 11.3 Å². The topological polar surface area (TPSA) is 132 Å². The average Bonchev–Trinajstić information content (AvgIpc) is 3.19. The molecular formula is C20H28Cl3N5O4S. The molecule has 33 heavy (non-hydrogen) atoms. The Bertz CT molecular complexity index is 905. The van der Waals surface area contributed by atoms with Crippen LogP contribution in [-0.2, 0) is 9.59 Å². The molecule has 0 amide bonds. The summed E-state index contributed by atoms with van der Waals surface area (Å²) in [6.45, 7) is 1.75. The molecule has 4 N–H and O–H groups in total. The van der Waals surface area contributed by atoms with E-state index in [1.54, 1.807) is 6.21 Å². The summed E-state index contributed by atoms with van der Waals surface area (Å²) in [7, 11) is 0. The van der Waals surface area contributed by atoms with Crippen LogP contribution in [0.3, 0.4) is 0 Å². The van der Waals surface area contributed by atoms with Crippen molar-refractivity contribution in [3.8, 4) is 11.3 Å². The van der Waals surface area contributed by atoms with Crippen LogP contribution in [0.4, 0.5) is 5.13 Å². The van der Waals surface area contributed by atoms with Crippen LogP contribution in [-0.4, -0.2) is 70.5 Å². The molecule has 0 spiro atoms. The standard InChI is InChI=1S/C20H25N5O4S.3ClH/c21-22-11-14-1-3-15(4-2-14)17-13-30-20(23-17)25(10-7-18(26)27)16-5-8-24(9-6-16)12-19(28)29;;;/h1-4,11,13,16H,5-10,12,21H2,(H,26,27)(H,28,29);3*1H/b22-11+;;;. The van der Waals surface area contributed by atoms with Crippen LogP contribution in [0.5, 0.6) is 0 Å². The molecule has 0 atom stereocenters. The zero-order valence-corrected chi connectivity index (χ0v) is 21.0. The van der Waals surface area contributed by atoms with E-state index in [0.29, 0.717) is 19.6 Å². The summed E-state index contributed by atoms with van der Waals surface area (Å²) in [6.07, 6.45) is 3.14. The predicted molar refractivity (Wildman–Crippen MR) is 138 cm³/mol. The van der Waals surface area contributed by atoms with E-state index in [-0.39, 0.29) is 56.2 Å². The minimum Gasteiger partial charge on any atom is -0.481 e. The molecule has 1 fully saturated rings. The summed E-state index contributed by atoms with van der Waals surface area (Å²) in [5.41, 5.74) is 2.68. The summed E-state index contributed by atoms with van der Waals surface area (Å²) < 4.78 is 0. The molecule has 0 bridgehead atoms. The van der Waals surface area contributed by atoms with Crippen molar-refractivity contribution in [3.05, 3.63) is 35.2 Å². The fourth-order valence-electron chi connectivity index (χ4n) is 3.59. The van der Waals surface area contributed by atoms with Gasteiger partial charge in [-0.25, -0.2) is 4.98 Å². The number of nitrogens with zero attached hydrogens (tertiary/aromatic N) is 4. The Morgan fingerprint density at radius 3 is 2.33 bits per heavy atom. The summed E-state index contributed by atoms with van der Waals surface area (Å²) >= 11 is 1.49. The number of thiazole rings is 1. The maximum Gasteiger partial charge on any atom is 0.317 e. The summed E-state index contributed by atoms with van der Waals surface area (Å²) in [4.78, 5) is 30.8. The van der Waals surface area contributed by atoms with E-state index >= 15 is 0 Å². The van der Waals surface area contributed by atoms with Gasteiger partial charge in [-0.05, 0) is 18.4 Å². The van der Waals surface area contributed by atoms with Gasteiger partial charge in [-0.1, -0.05) is 24.3 Å². The van der Waals surface area contributed by atoms with Crippen LogP contribution in [0.2, 0.25) is 0 Å². The number of benzene rings is 1.